The van der Waals surface area contributed by atoms with E-state index >= 15 is 0 Å². The fraction of sp³-hybridized carbons (Fsp3) is 0.647. The number of hydrogen-bond donors (Lipinski definition) is 2. The number of nitrogen functional groups attached to an aromatic ring is 1. The van der Waals surface area contributed by atoms with Crippen LogP contribution in [0.3, 0.4) is 0 Å². The smallest absolute Gasteiger partial charge is 0.278 e. The number of thiazole rings is 1. The Morgan fingerprint density at radius 3 is 2.55 bits per heavy atom. The number of amides is 2. The van der Waals surface area contributed by atoms with Gasteiger partial charge in [0.05, 0.1) is 23.5 Å². The minimum atomic E-state index is -0.417. The van der Waals surface area contributed by atoms with E-state index < -0.39 is 5.41 Å². The van der Waals surface area contributed by atoms with Crippen molar-refractivity contribution in [2.75, 3.05) is 43.8 Å². The second-order valence-electron chi connectivity index (χ2n) is 15.1. The highest BCUT2D eigenvalue weighted by atomic mass is 32.1. The molecule has 0 radical (unpaired) electrons. The molecule has 2 amide bonds. The number of likely N-dealkylation sites (tertiary alicyclic amines) is 2. The molecular weight excluding hydrogens is 615 g/mol. The number of piperidine rings is 2. The third-order valence-electron chi connectivity index (χ3n) is 10.6. The number of hydrogen-bond acceptors (Lipinski definition) is 10. The lowest BCUT2D eigenvalue weighted by atomic mass is 9.73. The van der Waals surface area contributed by atoms with Crippen LogP contribution in [0.2, 0.25) is 0 Å². The van der Waals surface area contributed by atoms with Crippen LogP contribution in [0.4, 0.5) is 11.1 Å². The van der Waals surface area contributed by atoms with Crippen molar-refractivity contribution < 1.29 is 14.3 Å². The zero-order valence-corrected chi connectivity index (χ0v) is 28.9. The minimum Gasteiger partial charge on any atom is -0.368 e. The van der Waals surface area contributed by atoms with Gasteiger partial charge in [0, 0.05) is 42.9 Å². The van der Waals surface area contributed by atoms with E-state index in [1.807, 2.05) is 15.0 Å². The van der Waals surface area contributed by atoms with Gasteiger partial charge in [-0.25, -0.2) is 19.6 Å². The number of aromatic nitrogens is 5. The number of carbonyl (C=O) groups excluding carboxylic acids is 2. The molecule has 3 N–H and O–H groups in total. The van der Waals surface area contributed by atoms with Gasteiger partial charge >= 0.3 is 0 Å². The van der Waals surface area contributed by atoms with Crippen LogP contribution >= 0.6 is 11.3 Å². The molecule has 1 aliphatic carbocycles. The number of nitrogens with two attached hydrogens (primary N) is 1. The molecule has 252 valence electrons. The molecule has 3 aromatic heterocycles. The predicted octanol–water partition coefficient (Wildman–Crippen LogP) is 4.82. The van der Waals surface area contributed by atoms with Crippen molar-refractivity contribution in [3.63, 3.8) is 0 Å². The Morgan fingerprint density at radius 2 is 1.83 bits per heavy atom. The Bertz CT molecular complexity index is 1640. The van der Waals surface area contributed by atoms with Crippen molar-refractivity contribution in [3.05, 3.63) is 34.1 Å². The summed E-state index contributed by atoms with van der Waals surface area (Å²) in [6.45, 7) is 13.5. The molecule has 3 aliphatic heterocycles. The van der Waals surface area contributed by atoms with E-state index in [1.54, 1.807) is 6.20 Å². The van der Waals surface area contributed by atoms with Gasteiger partial charge in [0.25, 0.3) is 5.91 Å². The molecule has 0 bridgehead atoms. The molecule has 3 saturated heterocycles. The fourth-order valence-corrected chi connectivity index (χ4v) is 8.45. The van der Waals surface area contributed by atoms with Crippen LogP contribution in [-0.2, 0) is 27.8 Å². The quantitative estimate of drug-likeness (QED) is 0.380. The summed E-state index contributed by atoms with van der Waals surface area (Å²) in [5, 5.41) is 10.2. The molecule has 13 heteroatoms. The SMILES string of the molecule is CC1(C)CCN(C2CCN(C(=O)Cc3csc(NC(=O)c4nn(C5CCCCO5)c5c4C(C)(C)Cc4cnc(N)nc4-5)n3)CC2)CC1. The summed E-state index contributed by atoms with van der Waals surface area (Å²) in [5.74, 6) is -0.0729. The first-order valence-corrected chi connectivity index (χ1v) is 18.0. The fourth-order valence-electron chi connectivity index (χ4n) is 7.75. The third-order valence-corrected chi connectivity index (χ3v) is 11.4. The number of rotatable bonds is 6. The highest BCUT2D eigenvalue weighted by molar-refractivity contribution is 7.14. The first kappa shape index (κ1) is 32.1. The lowest BCUT2D eigenvalue weighted by Crippen LogP contribution is -2.50. The Balaban J connectivity index is 1.04. The molecular formula is C34H47N9O3S. The topological polar surface area (TPSA) is 144 Å². The van der Waals surface area contributed by atoms with Gasteiger partial charge in [0.15, 0.2) is 17.1 Å². The maximum atomic E-state index is 13.9. The Morgan fingerprint density at radius 1 is 1.06 bits per heavy atom. The molecule has 3 fully saturated rings. The van der Waals surface area contributed by atoms with Gasteiger partial charge in [0.2, 0.25) is 11.9 Å². The summed E-state index contributed by atoms with van der Waals surface area (Å²) in [7, 11) is 0. The molecule has 4 aliphatic rings. The van der Waals surface area contributed by atoms with Gasteiger partial charge < -0.3 is 20.3 Å². The summed E-state index contributed by atoms with van der Waals surface area (Å²) in [6.07, 6.45) is 9.67. The lowest BCUT2D eigenvalue weighted by molar-refractivity contribution is -0.132. The van der Waals surface area contributed by atoms with Gasteiger partial charge in [-0.15, -0.1) is 11.3 Å². The maximum Gasteiger partial charge on any atom is 0.278 e. The standard InChI is InChI=1S/C34H47N9O3S/c1-33(2)10-14-41(15-11-33)23-8-12-42(13-9-23)24(44)17-22-20-47-32(37-22)39-30(45)28-26-29(43(40-28)25-7-5-6-16-46-25)27-21(18-34(26,3)4)19-36-31(35)38-27/h19-20,23,25H,5-18H2,1-4H3,(H2,35,36,38)(H,37,39,45). The molecule has 47 heavy (non-hydrogen) atoms. The highest BCUT2D eigenvalue weighted by Crippen LogP contribution is 2.46. The molecule has 7 rings (SSSR count). The Kier molecular flexibility index (Phi) is 8.58. The second kappa shape index (κ2) is 12.6. The lowest BCUT2D eigenvalue weighted by Gasteiger charge is -2.44. The average Bonchev–Trinajstić information content (AvgIpc) is 3.67. The van der Waals surface area contributed by atoms with Crippen LogP contribution in [0, 0.1) is 5.41 Å². The maximum absolute atomic E-state index is 13.9. The number of ether oxygens (including phenoxy) is 1. The van der Waals surface area contributed by atoms with E-state index in [9.17, 15) is 9.59 Å². The first-order chi connectivity index (χ1) is 22.5. The summed E-state index contributed by atoms with van der Waals surface area (Å²) in [6, 6.07) is 0.568. The average molecular weight is 662 g/mol. The van der Waals surface area contributed by atoms with Crippen molar-refractivity contribution in [2.24, 2.45) is 5.41 Å². The van der Waals surface area contributed by atoms with E-state index in [-0.39, 0.29) is 30.4 Å². The normalized spacial score (nSPS) is 22.8. The number of carbonyl (C=O) groups is 2. The summed E-state index contributed by atoms with van der Waals surface area (Å²) in [5.41, 5.74) is 10.3. The molecule has 0 saturated carbocycles. The largest absolute Gasteiger partial charge is 0.368 e. The van der Waals surface area contributed by atoms with Gasteiger partial charge in [-0.2, -0.15) is 5.10 Å². The van der Waals surface area contributed by atoms with Gasteiger partial charge in [-0.3, -0.25) is 14.9 Å². The van der Waals surface area contributed by atoms with Gasteiger partial charge in [-0.1, -0.05) is 27.7 Å². The molecule has 6 heterocycles. The molecule has 1 atom stereocenters. The van der Waals surface area contributed by atoms with E-state index in [1.165, 1.54) is 24.2 Å². The van der Waals surface area contributed by atoms with Crippen LogP contribution in [0.25, 0.3) is 11.4 Å². The van der Waals surface area contributed by atoms with E-state index in [4.69, 9.17) is 15.6 Å². The van der Waals surface area contributed by atoms with Crippen molar-refractivity contribution >= 4 is 34.2 Å². The van der Waals surface area contributed by atoms with Crippen molar-refractivity contribution in [1.29, 1.82) is 0 Å². The number of nitrogens with one attached hydrogen (secondary N) is 1. The van der Waals surface area contributed by atoms with Crippen LogP contribution in [0.5, 0.6) is 0 Å². The van der Waals surface area contributed by atoms with Crippen molar-refractivity contribution in [3.8, 4) is 11.4 Å². The van der Waals surface area contributed by atoms with Gasteiger partial charge in [0.1, 0.15) is 0 Å². The van der Waals surface area contributed by atoms with Crippen LogP contribution < -0.4 is 11.1 Å². The minimum absolute atomic E-state index is 0.0911. The number of fused-ring (bicyclic) bond motifs is 3. The van der Waals surface area contributed by atoms with E-state index in [2.05, 4.69) is 52.9 Å². The third kappa shape index (κ3) is 6.54. The summed E-state index contributed by atoms with van der Waals surface area (Å²) < 4.78 is 7.96. The second-order valence-corrected chi connectivity index (χ2v) is 15.9. The Hall–Kier alpha value is -3.42. The highest BCUT2D eigenvalue weighted by Gasteiger charge is 2.42. The summed E-state index contributed by atoms with van der Waals surface area (Å²) in [4.78, 5) is 45.3. The predicted molar refractivity (Wildman–Crippen MR) is 181 cm³/mol. The molecule has 3 aromatic rings. The number of anilines is 2. The molecule has 0 aromatic carbocycles. The van der Waals surface area contributed by atoms with Crippen LogP contribution in [-0.4, -0.2) is 85.2 Å². The summed E-state index contributed by atoms with van der Waals surface area (Å²) >= 11 is 1.33. The van der Waals surface area contributed by atoms with Crippen molar-refractivity contribution in [2.45, 2.75) is 103 Å². The van der Waals surface area contributed by atoms with E-state index in [0.717, 1.165) is 75.1 Å². The van der Waals surface area contributed by atoms with Crippen LogP contribution in [0.15, 0.2) is 11.6 Å². The molecule has 12 nitrogen and oxygen atoms in total. The molecule has 1 unspecified atom stereocenters. The Labute approximate surface area is 280 Å². The zero-order chi connectivity index (χ0) is 32.9. The van der Waals surface area contributed by atoms with E-state index in [0.29, 0.717) is 46.7 Å². The monoisotopic (exact) mass is 661 g/mol. The van der Waals surface area contributed by atoms with Crippen molar-refractivity contribution in [1.82, 2.24) is 34.5 Å². The number of nitrogens with zero attached hydrogens (tertiary/aromatic N) is 7. The first-order valence-electron chi connectivity index (χ1n) is 17.1. The zero-order valence-electron chi connectivity index (χ0n) is 28.0. The van der Waals surface area contributed by atoms with Gasteiger partial charge in [-0.05, 0) is 80.8 Å². The van der Waals surface area contributed by atoms with Crippen LogP contribution in [0.1, 0.15) is 106 Å². The molecule has 0 spiro atoms.